The smallest absolute Gasteiger partial charge is 0.221 e. The van der Waals surface area contributed by atoms with E-state index < -0.39 is 0 Å². The maximum Gasteiger partial charge on any atom is 0.221 e. The van der Waals surface area contributed by atoms with Gasteiger partial charge in [0.25, 0.3) is 0 Å². The number of carbonyl (C=O) groups is 2. The molecule has 1 fully saturated rings. The molecule has 6 heteroatoms. The predicted octanol–water partition coefficient (Wildman–Crippen LogP) is 5.01. The quantitative estimate of drug-likeness (QED) is 0.437. The summed E-state index contributed by atoms with van der Waals surface area (Å²) in [6.45, 7) is 3.99. The summed E-state index contributed by atoms with van der Waals surface area (Å²) in [4.78, 5) is 32.6. The van der Waals surface area contributed by atoms with Crippen molar-refractivity contribution in [3.8, 4) is 0 Å². The standard InChI is InChI=1S/C25H27N3O2S/c1-17(29)26-21-9-12-24-19(14-21)5-8-22(27-24)16-28-13-3-4-20(15-28)25(30)18-6-10-23(31-2)11-7-18/h5-12,14,20H,3-4,13,15-16H2,1-2H3,(H,26,29)/t20-/m0/s1. The zero-order valence-electron chi connectivity index (χ0n) is 17.9. The molecule has 1 saturated heterocycles. The number of anilines is 1. The maximum absolute atomic E-state index is 13.0. The number of hydrogen-bond acceptors (Lipinski definition) is 5. The number of piperidine rings is 1. The van der Waals surface area contributed by atoms with Crippen LogP contribution in [0.4, 0.5) is 5.69 Å². The molecule has 0 spiro atoms. The molecule has 4 rings (SSSR count). The van der Waals surface area contributed by atoms with Crippen LogP contribution in [-0.2, 0) is 11.3 Å². The minimum absolute atomic E-state index is 0.0366. The van der Waals surface area contributed by atoms with Crippen LogP contribution in [0.2, 0.25) is 0 Å². The Labute approximate surface area is 187 Å². The van der Waals surface area contributed by atoms with Crippen molar-refractivity contribution >= 4 is 40.0 Å². The second-order valence-electron chi connectivity index (χ2n) is 8.06. The first-order valence-corrected chi connectivity index (χ1v) is 11.8. The van der Waals surface area contributed by atoms with E-state index in [1.54, 1.807) is 11.8 Å². The van der Waals surface area contributed by atoms with Crippen LogP contribution in [0.3, 0.4) is 0 Å². The van der Waals surface area contributed by atoms with Crippen molar-refractivity contribution in [1.82, 2.24) is 9.88 Å². The van der Waals surface area contributed by atoms with Gasteiger partial charge in [-0.25, -0.2) is 0 Å². The number of hydrogen-bond donors (Lipinski definition) is 1. The number of amides is 1. The van der Waals surface area contributed by atoms with Crippen LogP contribution < -0.4 is 5.32 Å². The van der Waals surface area contributed by atoms with E-state index in [0.717, 1.165) is 60.3 Å². The van der Waals surface area contributed by atoms with E-state index >= 15 is 0 Å². The highest BCUT2D eigenvalue weighted by molar-refractivity contribution is 7.98. The summed E-state index contributed by atoms with van der Waals surface area (Å²) >= 11 is 1.69. The average Bonchev–Trinajstić information content (AvgIpc) is 2.78. The zero-order chi connectivity index (χ0) is 21.8. The lowest BCUT2D eigenvalue weighted by Crippen LogP contribution is -2.38. The summed E-state index contributed by atoms with van der Waals surface area (Å²) in [6, 6.07) is 17.8. The van der Waals surface area contributed by atoms with Crippen molar-refractivity contribution < 1.29 is 9.59 Å². The zero-order valence-corrected chi connectivity index (χ0v) is 18.7. The number of likely N-dealkylation sites (tertiary alicyclic amines) is 1. The SMILES string of the molecule is CSc1ccc(C(=O)[C@H]2CCCN(Cc3ccc4cc(NC(C)=O)ccc4n3)C2)cc1. The molecule has 0 aliphatic carbocycles. The Morgan fingerprint density at radius 1 is 1.13 bits per heavy atom. The molecule has 1 amide bonds. The average molecular weight is 434 g/mol. The van der Waals surface area contributed by atoms with E-state index in [4.69, 9.17) is 4.98 Å². The third-order valence-electron chi connectivity index (χ3n) is 5.70. The number of benzene rings is 2. The van der Waals surface area contributed by atoms with Crippen LogP contribution in [0.5, 0.6) is 0 Å². The number of ketones is 1. The fourth-order valence-electron chi connectivity index (χ4n) is 4.17. The molecule has 0 unspecified atom stereocenters. The lowest BCUT2D eigenvalue weighted by atomic mass is 9.90. The molecule has 5 nitrogen and oxygen atoms in total. The van der Waals surface area contributed by atoms with Gasteiger partial charge in [0.2, 0.25) is 5.91 Å². The van der Waals surface area contributed by atoms with Gasteiger partial charge >= 0.3 is 0 Å². The Morgan fingerprint density at radius 3 is 2.68 bits per heavy atom. The van der Waals surface area contributed by atoms with Gasteiger partial charge in [-0.15, -0.1) is 11.8 Å². The third-order valence-corrected chi connectivity index (χ3v) is 6.45. The molecule has 1 N–H and O–H groups in total. The molecule has 1 aromatic heterocycles. The van der Waals surface area contributed by atoms with Gasteiger partial charge in [0.1, 0.15) is 0 Å². The number of nitrogens with one attached hydrogen (secondary N) is 1. The lowest BCUT2D eigenvalue weighted by molar-refractivity contribution is -0.114. The van der Waals surface area contributed by atoms with Crippen LogP contribution in [0.25, 0.3) is 10.9 Å². The van der Waals surface area contributed by atoms with Gasteiger partial charge in [-0.1, -0.05) is 18.2 Å². The molecule has 31 heavy (non-hydrogen) atoms. The first-order valence-electron chi connectivity index (χ1n) is 10.6. The minimum atomic E-state index is -0.0849. The fourth-order valence-corrected chi connectivity index (χ4v) is 4.58. The van der Waals surface area contributed by atoms with Crippen molar-refractivity contribution in [2.24, 2.45) is 5.92 Å². The largest absolute Gasteiger partial charge is 0.326 e. The normalized spacial score (nSPS) is 16.9. The van der Waals surface area contributed by atoms with Gasteiger partial charge in [0.05, 0.1) is 11.2 Å². The van der Waals surface area contributed by atoms with Crippen LogP contribution in [0, 0.1) is 5.92 Å². The van der Waals surface area contributed by atoms with E-state index in [0.29, 0.717) is 0 Å². The number of aromatic nitrogens is 1. The maximum atomic E-state index is 13.0. The van der Waals surface area contributed by atoms with E-state index in [9.17, 15) is 9.59 Å². The molecular formula is C25H27N3O2S. The Morgan fingerprint density at radius 2 is 1.94 bits per heavy atom. The Bertz CT molecular complexity index is 1100. The summed E-state index contributed by atoms with van der Waals surface area (Å²) in [5.74, 6) is 0.196. The van der Waals surface area contributed by atoms with Crippen molar-refractivity contribution in [3.05, 3.63) is 65.9 Å². The molecule has 1 aliphatic heterocycles. The lowest BCUT2D eigenvalue weighted by Gasteiger charge is -2.31. The highest BCUT2D eigenvalue weighted by atomic mass is 32.2. The first kappa shape index (κ1) is 21.5. The number of fused-ring (bicyclic) bond motifs is 1. The van der Waals surface area contributed by atoms with Gasteiger partial charge < -0.3 is 5.32 Å². The van der Waals surface area contributed by atoms with Gasteiger partial charge in [0.15, 0.2) is 5.78 Å². The summed E-state index contributed by atoms with van der Waals surface area (Å²) < 4.78 is 0. The van der Waals surface area contributed by atoms with Gasteiger partial charge in [-0.2, -0.15) is 0 Å². The summed E-state index contributed by atoms with van der Waals surface area (Å²) in [5, 5.41) is 3.80. The van der Waals surface area contributed by atoms with E-state index in [-0.39, 0.29) is 17.6 Å². The topological polar surface area (TPSA) is 62.3 Å². The molecular weight excluding hydrogens is 406 g/mol. The molecule has 0 radical (unpaired) electrons. The predicted molar refractivity (Wildman–Crippen MR) is 127 cm³/mol. The Hall–Kier alpha value is -2.70. The highest BCUT2D eigenvalue weighted by Crippen LogP contribution is 2.24. The van der Waals surface area contributed by atoms with Crippen molar-refractivity contribution in [2.75, 3.05) is 24.7 Å². The molecule has 3 aromatic rings. The van der Waals surface area contributed by atoms with E-state index in [1.165, 1.54) is 11.8 Å². The first-order chi connectivity index (χ1) is 15.0. The number of rotatable bonds is 6. The Balaban J connectivity index is 1.43. The summed E-state index contributed by atoms with van der Waals surface area (Å²) in [6.07, 6.45) is 4.00. The van der Waals surface area contributed by atoms with Crippen LogP contribution in [0.15, 0.2) is 59.5 Å². The molecule has 2 aromatic carbocycles. The van der Waals surface area contributed by atoms with Crippen molar-refractivity contribution in [2.45, 2.75) is 31.2 Å². The minimum Gasteiger partial charge on any atom is -0.326 e. The van der Waals surface area contributed by atoms with Crippen LogP contribution >= 0.6 is 11.8 Å². The number of pyridine rings is 1. The fraction of sp³-hybridized carbons (Fsp3) is 0.320. The number of carbonyl (C=O) groups excluding carboxylic acids is 2. The Kier molecular flexibility index (Phi) is 6.68. The number of nitrogens with zero attached hydrogens (tertiary/aromatic N) is 2. The van der Waals surface area contributed by atoms with E-state index in [2.05, 4.69) is 10.2 Å². The second kappa shape index (κ2) is 9.62. The van der Waals surface area contributed by atoms with Crippen molar-refractivity contribution in [1.29, 1.82) is 0 Å². The van der Waals surface area contributed by atoms with Crippen molar-refractivity contribution in [3.63, 3.8) is 0 Å². The molecule has 1 atom stereocenters. The van der Waals surface area contributed by atoms with E-state index in [1.807, 2.05) is 60.9 Å². The molecule has 1 aliphatic rings. The number of Topliss-reactive ketones (excluding diaryl/α,β-unsaturated/α-hetero) is 1. The molecule has 0 bridgehead atoms. The molecule has 2 heterocycles. The summed E-state index contributed by atoms with van der Waals surface area (Å²) in [5.41, 5.74) is 3.49. The van der Waals surface area contributed by atoms with Gasteiger partial charge in [0, 0.05) is 47.5 Å². The summed E-state index contributed by atoms with van der Waals surface area (Å²) in [7, 11) is 0. The monoisotopic (exact) mass is 433 g/mol. The number of thioether (sulfide) groups is 1. The van der Waals surface area contributed by atoms with Gasteiger partial charge in [-0.05, 0) is 62.0 Å². The highest BCUT2D eigenvalue weighted by Gasteiger charge is 2.26. The van der Waals surface area contributed by atoms with Gasteiger partial charge in [-0.3, -0.25) is 19.5 Å². The van der Waals surface area contributed by atoms with Crippen LogP contribution in [-0.4, -0.2) is 40.9 Å². The van der Waals surface area contributed by atoms with Crippen LogP contribution in [0.1, 0.15) is 35.8 Å². The second-order valence-corrected chi connectivity index (χ2v) is 8.94. The molecule has 160 valence electrons. The molecule has 0 saturated carbocycles. The third kappa shape index (κ3) is 5.32.